The van der Waals surface area contributed by atoms with Crippen molar-refractivity contribution in [3.05, 3.63) is 28.2 Å². The van der Waals surface area contributed by atoms with Crippen molar-refractivity contribution in [3.8, 4) is 5.75 Å². The minimum Gasteiger partial charge on any atom is -0.481 e. The molecule has 0 fully saturated rings. The number of carboxylic acid groups (broad SMARTS) is 1. The number of hydrogen-bond acceptors (Lipinski definition) is 3. The van der Waals surface area contributed by atoms with Gasteiger partial charge in [-0.3, -0.25) is 9.59 Å². The van der Waals surface area contributed by atoms with Gasteiger partial charge in [0.2, 0.25) is 0 Å². The molecule has 0 heterocycles. The summed E-state index contributed by atoms with van der Waals surface area (Å²) in [5.41, 5.74) is 0. The molecule has 1 amide bonds. The SMILES string of the molecule is O=C(O)CCNC(=O)COc1c(Cl)cccc1Cl. The van der Waals surface area contributed by atoms with Gasteiger partial charge in [0.1, 0.15) is 0 Å². The number of amides is 1. The molecule has 18 heavy (non-hydrogen) atoms. The van der Waals surface area contributed by atoms with Crippen LogP contribution in [0.15, 0.2) is 18.2 Å². The van der Waals surface area contributed by atoms with E-state index in [0.717, 1.165) is 0 Å². The molecular formula is C11H11Cl2NO4. The highest BCUT2D eigenvalue weighted by Gasteiger charge is 2.09. The molecule has 0 radical (unpaired) electrons. The second-order valence-corrected chi connectivity index (χ2v) is 4.15. The Morgan fingerprint density at radius 2 is 1.89 bits per heavy atom. The van der Waals surface area contributed by atoms with Gasteiger partial charge in [-0.05, 0) is 12.1 Å². The van der Waals surface area contributed by atoms with Crippen molar-refractivity contribution in [1.82, 2.24) is 5.32 Å². The fourth-order valence-corrected chi connectivity index (χ4v) is 1.62. The molecule has 0 spiro atoms. The molecule has 0 saturated carbocycles. The number of para-hydroxylation sites is 1. The van der Waals surface area contributed by atoms with Crippen LogP contribution in [0.4, 0.5) is 0 Å². The number of rotatable bonds is 6. The summed E-state index contributed by atoms with van der Waals surface area (Å²) in [5, 5.41) is 11.4. The van der Waals surface area contributed by atoms with Crippen molar-refractivity contribution in [3.63, 3.8) is 0 Å². The molecule has 1 aromatic rings. The van der Waals surface area contributed by atoms with Crippen LogP contribution in [0.5, 0.6) is 5.75 Å². The van der Waals surface area contributed by atoms with Crippen LogP contribution < -0.4 is 10.1 Å². The molecule has 0 aromatic heterocycles. The number of nitrogens with one attached hydrogen (secondary N) is 1. The molecule has 0 saturated heterocycles. The van der Waals surface area contributed by atoms with E-state index in [1.807, 2.05) is 0 Å². The average molecular weight is 292 g/mol. The van der Waals surface area contributed by atoms with Gasteiger partial charge >= 0.3 is 5.97 Å². The fraction of sp³-hybridized carbons (Fsp3) is 0.273. The van der Waals surface area contributed by atoms with Gasteiger partial charge in [0.05, 0.1) is 16.5 Å². The third-order valence-electron chi connectivity index (χ3n) is 1.93. The Labute approximate surface area is 114 Å². The van der Waals surface area contributed by atoms with Gasteiger partial charge in [0.15, 0.2) is 12.4 Å². The average Bonchev–Trinajstić information content (AvgIpc) is 2.27. The Morgan fingerprint density at radius 1 is 1.28 bits per heavy atom. The smallest absolute Gasteiger partial charge is 0.305 e. The lowest BCUT2D eigenvalue weighted by Crippen LogP contribution is -2.30. The highest BCUT2D eigenvalue weighted by Crippen LogP contribution is 2.32. The van der Waals surface area contributed by atoms with Crippen LogP contribution in [0.25, 0.3) is 0 Å². The first kappa shape index (κ1) is 14.6. The van der Waals surface area contributed by atoms with Crippen molar-refractivity contribution in [2.45, 2.75) is 6.42 Å². The zero-order chi connectivity index (χ0) is 13.5. The first-order valence-electron chi connectivity index (χ1n) is 5.06. The predicted molar refractivity (Wildman–Crippen MR) is 67.2 cm³/mol. The van der Waals surface area contributed by atoms with Gasteiger partial charge in [-0.15, -0.1) is 0 Å². The van der Waals surface area contributed by atoms with Crippen molar-refractivity contribution in [2.24, 2.45) is 0 Å². The Kier molecular flexibility index (Phi) is 5.74. The maximum absolute atomic E-state index is 11.3. The standard InChI is InChI=1S/C11H11Cl2NO4/c12-7-2-1-3-8(13)11(7)18-6-9(15)14-5-4-10(16)17/h1-3H,4-6H2,(H,14,15)(H,16,17). The lowest BCUT2D eigenvalue weighted by molar-refractivity contribution is -0.137. The van der Waals surface area contributed by atoms with Crippen LogP contribution >= 0.6 is 23.2 Å². The zero-order valence-corrected chi connectivity index (χ0v) is 10.8. The maximum Gasteiger partial charge on any atom is 0.305 e. The molecule has 1 aromatic carbocycles. The summed E-state index contributed by atoms with van der Waals surface area (Å²) < 4.78 is 5.16. The van der Waals surface area contributed by atoms with E-state index in [0.29, 0.717) is 10.0 Å². The highest BCUT2D eigenvalue weighted by molar-refractivity contribution is 6.37. The highest BCUT2D eigenvalue weighted by atomic mass is 35.5. The lowest BCUT2D eigenvalue weighted by Gasteiger charge is -2.09. The molecular weight excluding hydrogens is 281 g/mol. The third-order valence-corrected chi connectivity index (χ3v) is 2.52. The topological polar surface area (TPSA) is 75.6 Å². The van der Waals surface area contributed by atoms with E-state index in [1.165, 1.54) is 0 Å². The first-order chi connectivity index (χ1) is 8.50. The Morgan fingerprint density at radius 3 is 2.44 bits per heavy atom. The molecule has 2 N–H and O–H groups in total. The van der Waals surface area contributed by atoms with Crippen molar-refractivity contribution in [1.29, 1.82) is 0 Å². The zero-order valence-electron chi connectivity index (χ0n) is 9.28. The Balaban J connectivity index is 2.40. The number of carboxylic acids is 1. The van der Waals surface area contributed by atoms with Gasteiger partial charge in [0, 0.05) is 6.54 Å². The molecule has 7 heteroatoms. The lowest BCUT2D eigenvalue weighted by atomic mass is 10.3. The maximum atomic E-state index is 11.3. The fourth-order valence-electron chi connectivity index (χ4n) is 1.12. The molecule has 0 aliphatic carbocycles. The number of halogens is 2. The normalized spacial score (nSPS) is 9.89. The number of hydrogen-bond donors (Lipinski definition) is 2. The number of carbonyl (C=O) groups excluding carboxylic acids is 1. The first-order valence-corrected chi connectivity index (χ1v) is 5.81. The van der Waals surface area contributed by atoms with Crippen LogP contribution in [-0.4, -0.2) is 30.1 Å². The van der Waals surface area contributed by atoms with Gasteiger partial charge < -0.3 is 15.2 Å². The van der Waals surface area contributed by atoms with E-state index in [-0.39, 0.29) is 25.3 Å². The summed E-state index contributed by atoms with van der Waals surface area (Å²) in [6.07, 6.45) is -0.140. The molecule has 0 aliphatic rings. The summed E-state index contributed by atoms with van der Waals surface area (Å²) in [6, 6.07) is 4.83. The second kappa shape index (κ2) is 7.08. The van der Waals surface area contributed by atoms with E-state index >= 15 is 0 Å². The number of benzene rings is 1. The summed E-state index contributed by atoms with van der Waals surface area (Å²) in [7, 11) is 0. The Bertz CT molecular complexity index is 430. The van der Waals surface area contributed by atoms with Crippen LogP contribution in [0.1, 0.15) is 6.42 Å². The number of aliphatic carboxylic acids is 1. The molecule has 0 unspecified atom stereocenters. The van der Waals surface area contributed by atoms with Gasteiger partial charge in [0.25, 0.3) is 5.91 Å². The van der Waals surface area contributed by atoms with Crippen molar-refractivity contribution < 1.29 is 19.4 Å². The molecule has 98 valence electrons. The number of ether oxygens (including phenoxy) is 1. The van der Waals surface area contributed by atoms with Crippen molar-refractivity contribution >= 4 is 35.1 Å². The van der Waals surface area contributed by atoms with Crippen LogP contribution in [0.3, 0.4) is 0 Å². The molecule has 0 bridgehead atoms. The number of carbonyl (C=O) groups is 2. The minimum atomic E-state index is -0.981. The van der Waals surface area contributed by atoms with E-state index < -0.39 is 11.9 Å². The quantitative estimate of drug-likeness (QED) is 0.840. The van der Waals surface area contributed by atoms with Gasteiger partial charge in [-0.1, -0.05) is 29.3 Å². The predicted octanol–water partition coefficient (Wildman–Crippen LogP) is 1.96. The van der Waals surface area contributed by atoms with Crippen LogP contribution in [0.2, 0.25) is 10.0 Å². The van der Waals surface area contributed by atoms with Gasteiger partial charge in [-0.2, -0.15) is 0 Å². The molecule has 0 atom stereocenters. The van der Waals surface area contributed by atoms with E-state index in [1.54, 1.807) is 18.2 Å². The molecule has 0 aliphatic heterocycles. The van der Waals surface area contributed by atoms with E-state index in [9.17, 15) is 9.59 Å². The van der Waals surface area contributed by atoms with Crippen molar-refractivity contribution in [2.75, 3.05) is 13.2 Å². The second-order valence-electron chi connectivity index (χ2n) is 3.33. The summed E-state index contributed by atoms with van der Waals surface area (Å²) in [4.78, 5) is 21.5. The summed E-state index contributed by atoms with van der Waals surface area (Å²) in [5.74, 6) is -1.19. The van der Waals surface area contributed by atoms with Crippen LogP contribution in [-0.2, 0) is 9.59 Å². The van der Waals surface area contributed by atoms with Gasteiger partial charge in [-0.25, -0.2) is 0 Å². The van der Waals surface area contributed by atoms with E-state index in [2.05, 4.69) is 5.32 Å². The van der Waals surface area contributed by atoms with E-state index in [4.69, 9.17) is 33.0 Å². The van der Waals surface area contributed by atoms with Crippen LogP contribution in [0, 0.1) is 0 Å². The summed E-state index contributed by atoms with van der Waals surface area (Å²) >= 11 is 11.7. The minimum absolute atomic E-state index is 0.0494. The largest absolute Gasteiger partial charge is 0.481 e. The molecule has 1 rings (SSSR count). The summed E-state index contributed by atoms with van der Waals surface area (Å²) in [6.45, 7) is -0.225. The monoisotopic (exact) mass is 291 g/mol. The Hall–Kier alpha value is -1.46. The molecule has 5 nitrogen and oxygen atoms in total. The third kappa shape index (κ3) is 4.81.